The molecule has 1 aliphatic heterocycles. The van der Waals surface area contributed by atoms with Gasteiger partial charge in [-0.2, -0.15) is 9.94 Å². The molecule has 11 heteroatoms. The van der Waals surface area contributed by atoms with Crippen molar-refractivity contribution >= 4 is 11.8 Å². The van der Waals surface area contributed by atoms with Gasteiger partial charge in [-0.15, -0.1) is 5.10 Å². The van der Waals surface area contributed by atoms with Crippen LogP contribution in [0.3, 0.4) is 0 Å². The monoisotopic (exact) mass is 441 g/mol. The molecule has 0 aliphatic carbocycles. The second kappa shape index (κ2) is 8.66. The first-order chi connectivity index (χ1) is 15.0. The summed E-state index contributed by atoms with van der Waals surface area (Å²) in [5.74, 6) is 0.0251. The number of piperidine rings is 1. The smallest absolute Gasteiger partial charge is 0.407 e. The van der Waals surface area contributed by atoms with Crippen molar-refractivity contribution in [3.8, 4) is 17.5 Å². The predicted molar refractivity (Wildman–Crippen MR) is 113 cm³/mol. The summed E-state index contributed by atoms with van der Waals surface area (Å²) in [4.78, 5) is 35.9. The van der Waals surface area contributed by atoms with Gasteiger partial charge in [0.05, 0.1) is 16.7 Å². The zero-order valence-corrected chi connectivity index (χ0v) is 17.9. The number of aromatic nitrogens is 2. The predicted octanol–water partition coefficient (Wildman–Crippen LogP) is 2.95. The maximum atomic E-state index is 12.6. The van der Waals surface area contributed by atoms with Crippen molar-refractivity contribution in [2.45, 2.75) is 45.8 Å². The highest BCUT2D eigenvalue weighted by atomic mass is 16.6. The van der Waals surface area contributed by atoms with Crippen LogP contribution in [0.4, 0.5) is 10.5 Å². The molecule has 0 saturated carbocycles. The fourth-order valence-electron chi connectivity index (χ4n) is 3.78. The van der Waals surface area contributed by atoms with Gasteiger partial charge in [0.25, 0.3) is 11.2 Å². The number of nitro groups is 1. The quantitative estimate of drug-likeness (QED) is 0.561. The lowest BCUT2D eigenvalue weighted by molar-refractivity contribution is -0.384. The molecular formula is C21H23N5O6. The van der Waals surface area contributed by atoms with Crippen LogP contribution in [0.2, 0.25) is 0 Å². The first kappa shape index (κ1) is 22.7. The van der Waals surface area contributed by atoms with Crippen LogP contribution < -0.4 is 10.3 Å². The van der Waals surface area contributed by atoms with Crippen LogP contribution in [0.15, 0.2) is 35.1 Å². The largest absolute Gasteiger partial charge is 0.487 e. The zero-order valence-electron chi connectivity index (χ0n) is 17.9. The highest BCUT2D eigenvalue weighted by Crippen LogP contribution is 2.34. The van der Waals surface area contributed by atoms with E-state index in [0.717, 1.165) is 10.7 Å². The number of benzene rings is 1. The van der Waals surface area contributed by atoms with Gasteiger partial charge in [0.2, 0.25) is 5.69 Å². The highest BCUT2D eigenvalue weighted by Gasteiger charge is 2.39. The van der Waals surface area contributed by atoms with Gasteiger partial charge >= 0.3 is 6.09 Å². The molecule has 2 atom stereocenters. The van der Waals surface area contributed by atoms with E-state index in [4.69, 9.17) is 4.74 Å². The fraction of sp³-hybridized carbons (Fsp3) is 0.429. The minimum absolute atomic E-state index is 0.0251. The SMILES string of the molecule is CC(C)(C)C1CC(Oc2cc(=O)n(-c3ccc([N+](=O)[O-])cc3)nc2C#N)CCN1C(=O)O. The van der Waals surface area contributed by atoms with Crippen molar-refractivity contribution in [3.63, 3.8) is 0 Å². The minimum Gasteiger partial charge on any atom is -0.487 e. The molecule has 2 heterocycles. The van der Waals surface area contributed by atoms with Crippen LogP contribution in [0.1, 0.15) is 39.3 Å². The summed E-state index contributed by atoms with van der Waals surface area (Å²) < 4.78 is 6.92. The number of carbonyl (C=O) groups is 1. The van der Waals surface area contributed by atoms with Crippen LogP contribution in [-0.4, -0.2) is 49.5 Å². The molecule has 1 fully saturated rings. The van der Waals surface area contributed by atoms with Crippen LogP contribution in [0.5, 0.6) is 5.75 Å². The normalized spacial score (nSPS) is 18.6. The number of nitrogens with zero attached hydrogens (tertiary/aromatic N) is 5. The topological polar surface area (TPSA) is 152 Å². The van der Waals surface area contributed by atoms with Crippen LogP contribution in [0, 0.1) is 26.9 Å². The first-order valence-electron chi connectivity index (χ1n) is 9.97. The summed E-state index contributed by atoms with van der Waals surface area (Å²) in [6.07, 6.45) is -0.562. The number of amides is 1. The molecule has 32 heavy (non-hydrogen) atoms. The lowest BCUT2D eigenvalue weighted by Crippen LogP contribution is -2.53. The molecule has 2 unspecified atom stereocenters. The molecule has 0 radical (unpaired) electrons. The van der Waals surface area contributed by atoms with Crippen LogP contribution >= 0.6 is 0 Å². The van der Waals surface area contributed by atoms with Gasteiger partial charge in [-0.1, -0.05) is 20.8 Å². The number of rotatable bonds is 4. The van der Waals surface area contributed by atoms with Crippen molar-refractivity contribution in [2.75, 3.05) is 6.54 Å². The molecule has 168 valence electrons. The summed E-state index contributed by atoms with van der Waals surface area (Å²) in [7, 11) is 0. The Morgan fingerprint density at radius 3 is 2.53 bits per heavy atom. The van der Waals surface area contributed by atoms with Crippen LogP contribution in [-0.2, 0) is 0 Å². The van der Waals surface area contributed by atoms with Gasteiger partial charge in [0, 0.05) is 37.6 Å². The third-order valence-electron chi connectivity index (χ3n) is 5.40. The average molecular weight is 441 g/mol. The van der Waals surface area contributed by atoms with E-state index in [-0.39, 0.29) is 40.8 Å². The van der Waals surface area contributed by atoms with Gasteiger partial charge in [-0.05, 0) is 17.5 Å². The summed E-state index contributed by atoms with van der Waals surface area (Å²) in [5, 5.41) is 33.9. The highest BCUT2D eigenvalue weighted by molar-refractivity contribution is 5.65. The summed E-state index contributed by atoms with van der Waals surface area (Å²) in [6.45, 7) is 6.12. The second-order valence-electron chi connectivity index (χ2n) is 8.61. The van der Waals surface area contributed by atoms with Crippen molar-refractivity contribution in [2.24, 2.45) is 5.41 Å². The van der Waals surface area contributed by atoms with E-state index in [2.05, 4.69) is 5.10 Å². The van der Waals surface area contributed by atoms with Crippen molar-refractivity contribution in [1.82, 2.24) is 14.7 Å². The Kier molecular flexibility index (Phi) is 6.16. The number of nitriles is 1. The number of carboxylic acid groups (broad SMARTS) is 1. The Bertz CT molecular complexity index is 1130. The van der Waals surface area contributed by atoms with Crippen LogP contribution in [0.25, 0.3) is 5.69 Å². The third kappa shape index (κ3) is 4.69. The molecule has 1 N–H and O–H groups in total. The summed E-state index contributed by atoms with van der Waals surface area (Å²) in [6, 6.07) is 7.98. The van der Waals surface area contributed by atoms with Gasteiger partial charge in [0.15, 0.2) is 5.75 Å². The number of nitro benzene ring substituents is 1. The van der Waals surface area contributed by atoms with E-state index in [9.17, 15) is 30.1 Å². The zero-order chi connectivity index (χ0) is 23.6. The first-order valence-corrected chi connectivity index (χ1v) is 9.97. The van der Waals surface area contributed by atoms with E-state index < -0.39 is 22.7 Å². The number of hydrogen-bond acceptors (Lipinski definition) is 7. The second-order valence-corrected chi connectivity index (χ2v) is 8.61. The molecular weight excluding hydrogens is 418 g/mol. The van der Waals surface area contributed by atoms with E-state index >= 15 is 0 Å². The molecule has 1 amide bonds. The third-order valence-corrected chi connectivity index (χ3v) is 5.40. The Labute approximate surface area is 183 Å². The average Bonchev–Trinajstić information content (AvgIpc) is 2.73. The van der Waals surface area contributed by atoms with Gasteiger partial charge in [0.1, 0.15) is 12.2 Å². The lowest BCUT2D eigenvalue weighted by atomic mass is 9.80. The van der Waals surface area contributed by atoms with Crippen molar-refractivity contribution in [3.05, 3.63) is 56.5 Å². The molecule has 0 bridgehead atoms. The molecule has 1 aliphatic rings. The molecule has 1 aromatic heterocycles. The van der Waals surface area contributed by atoms with Crippen molar-refractivity contribution < 1.29 is 19.6 Å². The Hall–Kier alpha value is -3.94. The Morgan fingerprint density at radius 2 is 2.00 bits per heavy atom. The van der Waals surface area contributed by atoms with E-state index in [1.165, 1.54) is 29.2 Å². The van der Waals surface area contributed by atoms with E-state index in [0.29, 0.717) is 12.8 Å². The standard InChI is InChI=1S/C21H23N5O6/c1-21(2,3)18-10-15(8-9-24(18)20(28)29)32-17-11-19(27)25(23-16(17)12-22)13-4-6-14(7-5-13)26(30)31/h4-7,11,15,18H,8-10H2,1-3H3,(H,28,29). The fourth-order valence-corrected chi connectivity index (χ4v) is 3.78. The van der Waals surface area contributed by atoms with Gasteiger partial charge < -0.3 is 14.7 Å². The van der Waals surface area contributed by atoms with Gasteiger partial charge in [-0.25, -0.2) is 4.79 Å². The van der Waals surface area contributed by atoms with Gasteiger partial charge in [-0.3, -0.25) is 14.9 Å². The Balaban J connectivity index is 1.87. The molecule has 1 saturated heterocycles. The van der Waals surface area contributed by atoms with E-state index in [1.807, 2.05) is 26.8 Å². The number of likely N-dealkylation sites (tertiary alicyclic amines) is 1. The molecule has 2 aromatic rings. The molecule has 0 spiro atoms. The lowest BCUT2D eigenvalue weighted by Gasteiger charge is -2.44. The van der Waals surface area contributed by atoms with E-state index in [1.54, 1.807) is 0 Å². The number of hydrogen-bond donors (Lipinski definition) is 1. The summed E-state index contributed by atoms with van der Waals surface area (Å²) >= 11 is 0. The van der Waals surface area contributed by atoms with Crippen molar-refractivity contribution in [1.29, 1.82) is 5.26 Å². The molecule has 1 aromatic carbocycles. The Morgan fingerprint density at radius 1 is 1.34 bits per heavy atom. The number of ether oxygens (including phenoxy) is 1. The maximum absolute atomic E-state index is 12.6. The molecule has 11 nitrogen and oxygen atoms in total. The minimum atomic E-state index is -0.992. The molecule has 3 rings (SSSR count). The number of non-ortho nitro benzene ring substituents is 1. The summed E-state index contributed by atoms with van der Waals surface area (Å²) in [5.41, 5.74) is -0.871. The maximum Gasteiger partial charge on any atom is 0.407 e.